The maximum Gasteiger partial charge on any atom is 0.262 e. The highest BCUT2D eigenvalue weighted by Gasteiger charge is 2.42. The molecule has 0 radical (unpaired) electrons. The number of nitrogens with one attached hydrogen (secondary N) is 2. The average Bonchev–Trinajstić information content (AvgIpc) is 3.06. The van der Waals surface area contributed by atoms with E-state index in [0.29, 0.717) is 6.54 Å². The number of hydrogen-bond acceptors (Lipinski definition) is 3. The Bertz CT molecular complexity index is 562. The molecule has 9 heteroatoms. The van der Waals surface area contributed by atoms with Gasteiger partial charge in [-0.1, -0.05) is 15.9 Å². The Labute approximate surface area is 160 Å². The molecule has 2 heterocycles. The summed E-state index contributed by atoms with van der Waals surface area (Å²) in [6.45, 7) is 1.14. The Morgan fingerprint density at radius 3 is 2.54 bits per heavy atom. The first kappa shape index (κ1) is 21.4. The largest absolute Gasteiger partial charge is 0.369 e. The van der Waals surface area contributed by atoms with E-state index in [1.54, 1.807) is 0 Å². The number of benzene rings is 1. The van der Waals surface area contributed by atoms with Crippen molar-refractivity contribution >= 4 is 52.3 Å². The van der Waals surface area contributed by atoms with Crippen molar-refractivity contribution in [1.29, 1.82) is 0 Å². The van der Waals surface area contributed by atoms with Gasteiger partial charge in [0.15, 0.2) is 0 Å². The van der Waals surface area contributed by atoms with Crippen LogP contribution in [0.2, 0.25) is 0 Å². The normalized spacial score (nSPS) is 24.9. The van der Waals surface area contributed by atoms with Crippen LogP contribution in [-0.2, 0) is 4.79 Å². The fourth-order valence-corrected chi connectivity index (χ4v) is 3.23. The van der Waals surface area contributed by atoms with Gasteiger partial charge in [0.2, 0.25) is 5.91 Å². The molecule has 2 unspecified atom stereocenters. The molecule has 4 nitrogen and oxygen atoms in total. The molecule has 1 aromatic carbocycles. The van der Waals surface area contributed by atoms with Gasteiger partial charge in [-0.15, -0.1) is 24.8 Å². The third-order valence-corrected chi connectivity index (χ3v) is 4.68. The van der Waals surface area contributed by atoms with Crippen molar-refractivity contribution in [1.82, 2.24) is 10.6 Å². The molecule has 0 aromatic heterocycles. The maximum atomic E-state index is 13.1. The second-order valence-electron chi connectivity index (χ2n) is 5.91. The highest BCUT2D eigenvalue weighted by Crippen LogP contribution is 2.26. The third-order valence-electron chi connectivity index (χ3n) is 4.15. The topological polar surface area (TPSA) is 44.4 Å². The molecular formula is C15H20BrCl2F2N3O. The van der Waals surface area contributed by atoms with E-state index in [1.807, 2.05) is 24.3 Å². The van der Waals surface area contributed by atoms with Crippen LogP contribution in [0.1, 0.15) is 12.8 Å². The maximum absolute atomic E-state index is 13.1. The van der Waals surface area contributed by atoms with Gasteiger partial charge in [-0.2, -0.15) is 0 Å². The van der Waals surface area contributed by atoms with Crippen molar-refractivity contribution in [2.45, 2.75) is 30.8 Å². The van der Waals surface area contributed by atoms with Crippen molar-refractivity contribution < 1.29 is 13.6 Å². The zero-order valence-electron chi connectivity index (χ0n) is 12.8. The summed E-state index contributed by atoms with van der Waals surface area (Å²) in [6.07, 6.45) is 0.410. The lowest BCUT2D eigenvalue weighted by molar-refractivity contribution is -0.124. The molecule has 0 saturated carbocycles. The number of hydrogen-bond donors (Lipinski definition) is 2. The SMILES string of the molecule is Cl.Cl.O=C(NC1CCN(c2ccc(Br)cc2)C1)C1CC(F)(F)CN1. The predicted molar refractivity (Wildman–Crippen MR) is 98.8 cm³/mol. The van der Waals surface area contributed by atoms with E-state index in [9.17, 15) is 13.6 Å². The number of alkyl halides is 2. The first-order valence-corrected chi connectivity index (χ1v) is 8.14. The molecule has 3 rings (SSSR count). The third kappa shape index (κ3) is 5.18. The lowest BCUT2D eigenvalue weighted by Gasteiger charge is -2.20. The molecule has 0 spiro atoms. The summed E-state index contributed by atoms with van der Waals surface area (Å²) in [5.74, 6) is -3.10. The Morgan fingerprint density at radius 1 is 1.29 bits per heavy atom. The second-order valence-corrected chi connectivity index (χ2v) is 6.83. The number of carbonyl (C=O) groups excluding carboxylic acids is 1. The van der Waals surface area contributed by atoms with Crippen LogP contribution in [0.15, 0.2) is 28.7 Å². The van der Waals surface area contributed by atoms with E-state index in [-0.39, 0.29) is 36.8 Å². The van der Waals surface area contributed by atoms with Gasteiger partial charge >= 0.3 is 0 Å². The lowest BCUT2D eigenvalue weighted by Crippen LogP contribution is -2.46. The van der Waals surface area contributed by atoms with Gasteiger partial charge in [-0.05, 0) is 30.7 Å². The molecule has 2 N–H and O–H groups in total. The highest BCUT2D eigenvalue weighted by atomic mass is 79.9. The number of amides is 1. The minimum absolute atomic E-state index is 0. The molecule has 2 atom stereocenters. The Morgan fingerprint density at radius 2 is 1.96 bits per heavy atom. The van der Waals surface area contributed by atoms with Crippen LogP contribution < -0.4 is 15.5 Å². The van der Waals surface area contributed by atoms with E-state index in [4.69, 9.17) is 0 Å². The summed E-state index contributed by atoms with van der Waals surface area (Å²) in [5, 5.41) is 5.47. The standard InChI is InChI=1S/C15H18BrF2N3O.2ClH/c16-10-1-3-12(4-2-10)21-6-5-11(8-21)20-14(22)13-7-15(17,18)9-19-13;;/h1-4,11,13,19H,5-9H2,(H,20,22);2*1H. The van der Waals surface area contributed by atoms with Gasteiger partial charge < -0.3 is 10.2 Å². The Hall–Kier alpha value is -0.630. The Balaban J connectivity index is 0.00000144. The molecule has 0 bridgehead atoms. The van der Waals surface area contributed by atoms with Crippen LogP contribution in [0, 0.1) is 0 Å². The smallest absolute Gasteiger partial charge is 0.262 e. The molecule has 1 aromatic rings. The number of carbonyl (C=O) groups is 1. The molecule has 24 heavy (non-hydrogen) atoms. The molecule has 2 fully saturated rings. The summed E-state index contributed by atoms with van der Waals surface area (Å²) in [7, 11) is 0. The van der Waals surface area contributed by atoms with E-state index >= 15 is 0 Å². The summed E-state index contributed by atoms with van der Waals surface area (Å²) in [5.41, 5.74) is 1.10. The number of anilines is 1. The van der Waals surface area contributed by atoms with Gasteiger partial charge in [0.05, 0.1) is 12.6 Å². The van der Waals surface area contributed by atoms with Gasteiger partial charge in [-0.25, -0.2) is 8.78 Å². The average molecular weight is 447 g/mol. The van der Waals surface area contributed by atoms with E-state index in [1.165, 1.54) is 0 Å². The molecule has 2 aliphatic rings. The molecule has 1 amide bonds. The van der Waals surface area contributed by atoms with Gasteiger partial charge in [0, 0.05) is 35.7 Å². The van der Waals surface area contributed by atoms with Crippen LogP contribution >= 0.6 is 40.7 Å². The van der Waals surface area contributed by atoms with Crippen molar-refractivity contribution in [3.8, 4) is 0 Å². The first-order valence-electron chi connectivity index (χ1n) is 7.35. The summed E-state index contributed by atoms with van der Waals surface area (Å²) >= 11 is 3.40. The summed E-state index contributed by atoms with van der Waals surface area (Å²) < 4.78 is 27.3. The van der Waals surface area contributed by atoms with Crippen LogP contribution in [0.25, 0.3) is 0 Å². The predicted octanol–water partition coefficient (Wildman–Crippen LogP) is 2.98. The van der Waals surface area contributed by atoms with Crippen LogP contribution in [0.3, 0.4) is 0 Å². The number of halogens is 5. The van der Waals surface area contributed by atoms with Crippen LogP contribution in [0.4, 0.5) is 14.5 Å². The quantitative estimate of drug-likeness (QED) is 0.750. The zero-order valence-corrected chi connectivity index (χ0v) is 16.0. The molecule has 2 aliphatic heterocycles. The highest BCUT2D eigenvalue weighted by molar-refractivity contribution is 9.10. The molecule has 136 valence electrons. The fourth-order valence-electron chi connectivity index (χ4n) is 2.97. The van der Waals surface area contributed by atoms with Crippen molar-refractivity contribution in [3.05, 3.63) is 28.7 Å². The van der Waals surface area contributed by atoms with E-state index < -0.39 is 24.9 Å². The van der Waals surface area contributed by atoms with Crippen molar-refractivity contribution in [2.24, 2.45) is 0 Å². The summed E-state index contributed by atoms with van der Waals surface area (Å²) in [4.78, 5) is 14.2. The molecule has 0 aliphatic carbocycles. The van der Waals surface area contributed by atoms with Crippen molar-refractivity contribution in [3.63, 3.8) is 0 Å². The first-order chi connectivity index (χ1) is 10.4. The van der Waals surface area contributed by atoms with E-state index in [0.717, 1.165) is 23.1 Å². The Kier molecular flexibility index (Phi) is 7.72. The fraction of sp³-hybridized carbons (Fsp3) is 0.533. The van der Waals surface area contributed by atoms with Crippen LogP contribution in [0.5, 0.6) is 0 Å². The molecule has 2 saturated heterocycles. The van der Waals surface area contributed by atoms with Crippen LogP contribution in [-0.4, -0.2) is 43.5 Å². The molecular weight excluding hydrogens is 427 g/mol. The van der Waals surface area contributed by atoms with Gasteiger partial charge in [0.1, 0.15) is 0 Å². The number of rotatable bonds is 3. The van der Waals surface area contributed by atoms with Crippen molar-refractivity contribution in [2.75, 3.05) is 24.5 Å². The zero-order chi connectivity index (χ0) is 15.7. The second kappa shape index (κ2) is 8.65. The lowest BCUT2D eigenvalue weighted by atomic mass is 10.1. The van der Waals surface area contributed by atoms with Gasteiger partial charge in [0.25, 0.3) is 5.92 Å². The van der Waals surface area contributed by atoms with Gasteiger partial charge in [-0.3, -0.25) is 10.1 Å². The monoisotopic (exact) mass is 445 g/mol. The van der Waals surface area contributed by atoms with E-state index in [2.05, 4.69) is 31.5 Å². The minimum Gasteiger partial charge on any atom is -0.369 e. The summed E-state index contributed by atoms with van der Waals surface area (Å²) in [6, 6.07) is 7.22. The number of nitrogens with zero attached hydrogens (tertiary/aromatic N) is 1. The minimum atomic E-state index is -2.78.